The van der Waals surface area contributed by atoms with Crippen molar-refractivity contribution in [1.82, 2.24) is 25.1 Å². The average Bonchev–Trinajstić information content (AvgIpc) is 3.23. The summed E-state index contributed by atoms with van der Waals surface area (Å²) in [6.45, 7) is 8.88. The third kappa shape index (κ3) is 4.89. The van der Waals surface area contributed by atoms with E-state index in [-0.39, 0.29) is 17.5 Å². The molecule has 0 aliphatic carbocycles. The molecule has 3 rings (SSSR count). The second-order valence-corrected chi connectivity index (χ2v) is 7.58. The standard InChI is InChI=1S/C19H30N6O3/c1-3-14(2)21-17(27)15-12-20-19(22-18(15)28)25-10-8-23(9-11-25)13-16(26)24-6-4-5-7-24/h12,14H,3-11,13H2,1-2H3,(H,21,27)(H,20,22,28). The zero-order chi connectivity index (χ0) is 20.1. The highest BCUT2D eigenvalue weighted by molar-refractivity contribution is 5.93. The Labute approximate surface area is 165 Å². The van der Waals surface area contributed by atoms with Crippen LogP contribution in [0.15, 0.2) is 11.0 Å². The number of rotatable bonds is 6. The summed E-state index contributed by atoms with van der Waals surface area (Å²) in [7, 11) is 0. The minimum absolute atomic E-state index is 0.00271. The highest BCUT2D eigenvalue weighted by Crippen LogP contribution is 2.12. The normalized spacial score (nSPS) is 18.9. The molecule has 0 spiro atoms. The lowest BCUT2D eigenvalue weighted by molar-refractivity contribution is -0.131. The molecule has 0 radical (unpaired) electrons. The third-order valence-corrected chi connectivity index (χ3v) is 5.51. The first-order valence-corrected chi connectivity index (χ1v) is 10.1. The van der Waals surface area contributed by atoms with Gasteiger partial charge in [0.05, 0.1) is 6.54 Å². The van der Waals surface area contributed by atoms with Gasteiger partial charge in [-0.2, -0.15) is 0 Å². The molecule has 1 atom stereocenters. The molecule has 154 valence electrons. The Morgan fingerprint density at radius 3 is 2.46 bits per heavy atom. The Hall–Kier alpha value is -2.42. The average molecular weight is 390 g/mol. The molecule has 1 aromatic heterocycles. The molecule has 2 saturated heterocycles. The van der Waals surface area contributed by atoms with Gasteiger partial charge in [-0.25, -0.2) is 4.98 Å². The van der Waals surface area contributed by atoms with Gasteiger partial charge in [-0.15, -0.1) is 0 Å². The van der Waals surface area contributed by atoms with Crippen LogP contribution in [0.2, 0.25) is 0 Å². The lowest BCUT2D eigenvalue weighted by atomic mass is 10.2. The summed E-state index contributed by atoms with van der Waals surface area (Å²) in [5.41, 5.74) is -0.406. The number of aromatic amines is 1. The van der Waals surface area contributed by atoms with Crippen molar-refractivity contribution < 1.29 is 9.59 Å². The van der Waals surface area contributed by atoms with E-state index in [4.69, 9.17) is 0 Å². The SMILES string of the molecule is CCC(C)NC(=O)c1cnc(N2CCN(CC(=O)N3CCCC3)CC2)[nH]c1=O. The van der Waals surface area contributed by atoms with Crippen molar-refractivity contribution in [1.29, 1.82) is 0 Å². The largest absolute Gasteiger partial charge is 0.349 e. The summed E-state index contributed by atoms with van der Waals surface area (Å²) in [5.74, 6) is 0.268. The number of anilines is 1. The number of H-pyrrole nitrogens is 1. The number of carbonyl (C=O) groups is 2. The number of hydrogen-bond acceptors (Lipinski definition) is 6. The van der Waals surface area contributed by atoms with Gasteiger partial charge in [0.15, 0.2) is 0 Å². The topological polar surface area (TPSA) is 102 Å². The minimum atomic E-state index is -0.433. The quantitative estimate of drug-likeness (QED) is 0.711. The van der Waals surface area contributed by atoms with Gasteiger partial charge in [0.2, 0.25) is 11.9 Å². The highest BCUT2D eigenvalue weighted by Gasteiger charge is 2.24. The summed E-state index contributed by atoms with van der Waals surface area (Å²) >= 11 is 0. The first kappa shape index (κ1) is 20.3. The van der Waals surface area contributed by atoms with Crippen molar-refractivity contribution in [3.8, 4) is 0 Å². The molecule has 2 aliphatic heterocycles. The molecule has 2 N–H and O–H groups in total. The van der Waals surface area contributed by atoms with Crippen LogP contribution in [0.1, 0.15) is 43.5 Å². The van der Waals surface area contributed by atoms with Gasteiger partial charge in [0, 0.05) is 51.5 Å². The van der Waals surface area contributed by atoms with Gasteiger partial charge in [0.25, 0.3) is 11.5 Å². The Kier molecular flexibility index (Phi) is 6.66. The monoisotopic (exact) mass is 390 g/mol. The molecule has 2 amide bonds. The molecule has 3 heterocycles. The van der Waals surface area contributed by atoms with Gasteiger partial charge >= 0.3 is 0 Å². The molecule has 1 aromatic rings. The number of piperazine rings is 1. The Morgan fingerprint density at radius 2 is 1.86 bits per heavy atom. The zero-order valence-corrected chi connectivity index (χ0v) is 16.7. The van der Waals surface area contributed by atoms with Crippen LogP contribution in [0.4, 0.5) is 5.95 Å². The van der Waals surface area contributed by atoms with Crippen LogP contribution in [0, 0.1) is 0 Å². The van der Waals surface area contributed by atoms with Crippen LogP contribution in [-0.4, -0.2) is 83.4 Å². The van der Waals surface area contributed by atoms with Gasteiger partial charge in [0.1, 0.15) is 5.56 Å². The van der Waals surface area contributed by atoms with Crippen LogP contribution in [0.3, 0.4) is 0 Å². The number of amides is 2. The van der Waals surface area contributed by atoms with E-state index in [1.165, 1.54) is 6.20 Å². The predicted octanol–water partition coefficient (Wildman–Crippen LogP) is 0.0426. The second kappa shape index (κ2) is 9.18. The lowest BCUT2D eigenvalue weighted by Crippen LogP contribution is -2.50. The fraction of sp³-hybridized carbons (Fsp3) is 0.684. The van der Waals surface area contributed by atoms with Crippen LogP contribution in [0.5, 0.6) is 0 Å². The van der Waals surface area contributed by atoms with Crippen molar-refractivity contribution in [2.45, 2.75) is 39.2 Å². The highest BCUT2D eigenvalue weighted by atomic mass is 16.2. The Balaban J connectivity index is 1.54. The molecule has 2 fully saturated rings. The van der Waals surface area contributed by atoms with E-state index in [2.05, 4.69) is 20.2 Å². The van der Waals surface area contributed by atoms with Crippen molar-refractivity contribution in [3.63, 3.8) is 0 Å². The van der Waals surface area contributed by atoms with Crippen molar-refractivity contribution in [2.24, 2.45) is 0 Å². The predicted molar refractivity (Wildman–Crippen MR) is 107 cm³/mol. The Bertz CT molecular complexity index is 750. The van der Waals surface area contributed by atoms with Crippen LogP contribution >= 0.6 is 0 Å². The van der Waals surface area contributed by atoms with E-state index in [1.54, 1.807) is 0 Å². The maximum atomic E-state index is 12.3. The summed E-state index contributed by atoms with van der Waals surface area (Å²) in [4.78, 5) is 49.8. The van der Waals surface area contributed by atoms with Gasteiger partial charge < -0.3 is 15.1 Å². The van der Waals surface area contributed by atoms with E-state index in [1.807, 2.05) is 23.6 Å². The molecule has 0 bridgehead atoms. The number of nitrogens with zero attached hydrogens (tertiary/aromatic N) is 4. The van der Waals surface area contributed by atoms with Gasteiger partial charge in [-0.3, -0.25) is 24.3 Å². The first-order chi connectivity index (χ1) is 13.5. The van der Waals surface area contributed by atoms with E-state index in [0.29, 0.717) is 25.6 Å². The summed E-state index contributed by atoms with van der Waals surface area (Å²) in [6.07, 6.45) is 4.34. The fourth-order valence-corrected chi connectivity index (χ4v) is 3.49. The number of nitrogens with one attached hydrogen (secondary N) is 2. The summed E-state index contributed by atoms with van der Waals surface area (Å²) in [5, 5.41) is 2.78. The summed E-state index contributed by atoms with van der Waals surface area (Å²) in [6, 6.07) is 0.00271. The van der Waals surface area contributed by atoms with Gasteiger partial charge in [-0.05, 0) is 26.2 Å². The number of likely N-dealkylation sites (tertiary alicyclic amines) is 1. The van der Waals surface area contributed by atoms with E-state index in [9.17, 15) is 14.4 Å². The molecule has 9 nitrogen and oxygen atoms in total. The molecule has 0 aromatic carbocycles. The molecular weight excluding hydrogens is 360 g/mol. The second-order valence-electron chi connectivity index (χ2n) is 7.58. The third-order valence-electron chi connectivity index (χ3n) is 5.51. The van der Waals surface area contributed by atoms with Crippen LogP contribution in [0.25, 0.3) is 0 Å². The van der Waals surface area contributed by atoms with Crippen molar-refractivity contribution in [2.75, 3.05) is 50.7 Å². The van der Waals surface area contributed by atoms with Gasteiger partial charge in [-0.1, -0.05) is 6.92 Å². The Morgan fingerprint density at radius 1 is 1.18 bits per heavy atom. The molecule has 1 unspecified atom stereocenters. The van der Waals surface area contributed by atoms with Crippen molar-refractivity contribution >= 4 is 17.8 Å². The zero-order valence-electron chi connectivity index (χ0n) is 16.7. The van der Waals surface area contributed by atoms with E-state index >= 15 is 0 Å². The smallest absolute Gasteiger partial charge is 0.265 e. The maximum Gasteiger partial charge on any atom is 0.265 e. The molecule has 0 saturated carbocycles. The molecule has 9 heteroatoms. The number of aromatic nitrogens is 2. The maximum absolute atomic E-state index is 12.3. The molecule has 28 heavy (non-hydrogen) atoms. The first-order valence-electron chi connectivity index (χ1n) is 10.1. The van der Waals surface area contributed by atoms with E-state index in [0.717, 1.165) is 45.4 Å². The summed E-state index contributed by atoms with van der Waals surface area (Å²) < 4.78 is 0. The molecular formula is C19H30N6O3. The van der Waals surface area contributed by atoms with E-state index < -0.39 is 11.5 Å². The van der Waals surface area contributed by atoms with Crippen LogP contribution in [-0.2, 0) is 4.79 Å². The van der Waals surface area contributed by atoms with Crippen molar-refractivity contribution in [3.05, 3.63) is 22.1 Å². The number of hydrogen-bond donors (Lipinski definition) is 2. The van der Waals surface area contributed by atoms with Crippen LogP contribution < -0.4 is 15.8 Å². The lowest BCUT2D eigenvalue weighted by Gasteiger charge is -2.35. The molecule has 2 aliphatic rings. The number of carbonyl (C=O) groups excluding carboxylic acids is 2. The minimum Gasteiger partial charge on any atom is -0.349 e. The fourth-order valence-electron chi connectivity index (χ4n) is 3.49.